The average molecular weight is 339 g/mol. The highest BCUT2D eigenvalue weighted by Gasteiger charge is 1.93. The fourth-order valence-electron chi connectivity index (χ4n) is 2.72. The Balaban J connectivity index is 1.63. The van der Waals surface area contributed by atoms with Crippen molar-refractivity contribution in [3.05, 3.63) is 100 Å². The zero-order valence-electron chi connectivity index (χ0n) is 15.5. The van der Waals surface area contributed by atoms with Gasteiger partial charge in [0.05, 0.1) is 5.69 Å². The average Bonchev–Trinajstić information content (AvgIpc) is 2.72. The first kappa shape index (κ1) is 17.9. The van der Waals surface area contributed by atoms with Crippen LogP contribution in [0.2, 0.25) is 0 Å². The van der Waals surface area contributed by atoms with Crippen molar-refractivity contribution in [3.63, 3.8) is 0 Å². The van der Waals surface area contributed by atoms with Gasteiger partial charge in [-0.25, -0.2) is 0 Å². The van der Waals surface area contributed by atoms with Crippen LogP contribution in [0.15, 0.2) is 66.9 Å². The molecule has 0 radical (unpaired) electrons. The lowest BCUT2D eigenvalue weighted by Crippen LogP contribution is -1.83. The Morgan fingerprint density at radius 3 is 1.50 bits per heavy atom. The summed E-state index contributed by atoms with van der Waals surface area (Å²) in [5.74, 6) is 0. The van der Waals surface area contributed by atoms with E-state index in [-0.39, 0.29) is 0 Å². The van der Waals surface area contributed by atoms with Crippen LogP contribution in [0.25, 0.3) is 24.3 Å². The number of benzene rings is 2. The number of hydrogen-bond donors (Lipinski definition) is 0. The smallest absolute Gasteiger partial charge is 0.0630 e. The van der Waals surface area contributed by atoms with E-state index < -0.39 is 0 Å². The second-order valence-electron chi connectivity index (χ2n) is 6.37. The predicted octanol–water partition coefficient (Wildman–Crippen LogP) is 6.55. The van der Waals surface area contributed by atoms with Crippen molar-refractivity contribution in [2.75, 3.05) is 0 Å². The summed E-state index contributed by atoms with van der Waals surface area (Å²) >= 11 is 0. The number of hydrogen-bond acceptors (Lipinski definition) is 1. The van der Waals surface area contributed by atoms with Gasteiger partial charge in [0.1, 0.15) is 0 Å². The van der Waals surface area contributed by atoms with E-state index in [1.807, 2.05) is 6.20 Å². The van der Waals surface area contributed by atoms with Crippen LogP contribution in [-0.4, -0.2) is 4.98 Å². The minimum atomic E-state index is 0.967. The first-order valence-electron chi connectivity index (χ1n) is 9.27. The number of rotatable bonds is 6. The fourth-order valence-corrected chi connectivity index (χ4v) is 2.72. The zero-order valence-corrected chi connectivity index (χ0v) is 15.5. The van der Waals surface area contributed by atoms with Gasteiger partial charge in [-0.1, -0.05) is 86.7 Å². The van der Waals surface area contributed by atoms with E-state index in [1.54, 1.807) is 0 Å². The molecule has 130 valence electrons. The van der Waals surface area contributed by atoms with Gasteiger partial charge in [-0.15, -0.1) is 0 Å². The zero-order chi connectivity index (χ0) is 18.2. The summed E-state index contributed by atoms with van der Waals surface area (Å²) in [5, 5.41) is 0. The second-order valence-corrected chi connectivity index (χ2v) is 6.37. The summed E-state index contributed by atoms with van der Waals surface area (Å²) in [5.41, 5.74) is 7.21. The molecule has 1 aromatic heterocycles. The molecule has 3 rings (SSSR count). The molecule has 0 unspecified atom stereocenters. The molecule has 0 atom stereocenters. The summed E-state index contributed by atoms with van der Waals surface area (Å²) in [6.07, 6.45) is 12.4. The van der Waals surface area contributed by atoms with Gasteiger partial charge in [0.25, 0.3) is 0 Å². The van der Waals surface area contributed by atoms with E-state index in [0.29, 0.717) is 0 Å². The van der Waals surface area contributed by atoms with Crippen molar-refractivity contribution in [3.8, 4) is 0 Å². The van der Waals surface area contributed by atoms with Crippen molar-refractivity contribution in [1.29, 1.82) is 0 Å². The summed E-state index contributed by atoms with van der Waals surface area (Å²) < 4.78 is 0. The fraction of sp³-hybridized carbons (Fsp3) is 0.160. The van der Waals surface area contributed by atoms with Crippen LogP contribution in [-0.2, 0) is 12.8 Å². The Labute approximate surface area is 156 Å². The summed E-state index contributed by atoms with van der Waals surface area (Å²) in [7, 11) is 0. The van der Waals surface area contributed by atoms with Gasteiger partial charge in [0, 0.05) is 6.20 Å². The minimum Gasteiger partial charge on any atom is -0.256 e. The van der Waals surface area contributed by atoms with Gasteiger partial charge in [0.15, 0.2) is 0 Å². The van der Waals surface area contributed by atoms with E-state index in [1.165, 1.54) is 22.3 Å². The molecule has 2 aromatic carbocycles. The molecule has 1 heteroatoms. The molecule has 0 aliphatic rings. The number of aryl methyl sites for hydroxylation is 2. The Morgan fingerprint density at radius 1 is 0.577 bits per heavy atom. The van der Waals surface area contributed by atoms with Gasteiger partial charge in [-0.3, -0.25) is 4.98 Å². The normalized spacial score (nSPS) is 11.5. The van der Waals surface area contributed by atoms with Crippen LogP contribution < -0.4 is 0 Å². The molecule has 1 heterocycles. The molecule has 1 nitrogen and oxygen atoms in total. The third-order valence-corrected chi connectivity index (χ3v) is 4.50. The SMILES string of the molecule is CCc1ccc(/C=C/c2ccc(/C=C/c3ccc(CC)cc3)nc2)cc1. The first-order valence-corrected chi connectivity index (χ1v) is 9.27. The topological polar surface area (TPSA) is 12.9 Å². The maximum Gasteiger partial charge on any atom is 0.0630 e. The number of nitrogens with zero attached hydrogens (tertiary/aromatic N) is 1. The molecular weight excluding hydrogens is 314 g/mol. The van der Waals surface area contributed by atoms with Crippen LogP contribution in [0.1, 0.15) is 47.4 Å². The van der Waals surface area contributed by atoms with Crippen molar-refractivity contribution in [1.82, 2.24) is 4.98 Å². The maximum absolute atomic E-state index is 4.53. The van der Waals surface area contributed by atoms with Crippen LogP contribution in [0, 0.1) is 0 Å². The Kier molecular flexibility index (Phi) is 6.16. The summed E-state index contributed by atoms with van der Waals surface area (Å²) in [6.45, 7) is 4.34. The standard InChI is InChI=1S/C25H25N/c1-3-20-5-9-22(10-6-20)13-14-24-16-18-25(26-19-24)17-15-23-11-7-21(4-2)8-12-23/h5-19H,3-4H2,1-2H3/b14-13+,17-15+. The number of pyridine rings is 1. The second kappa shape index (κ2) is 8.96. The van der Waals surface area contributed by atoms with E-state index in [0.717, 1.165) is 24.1 Å². The highest BCUT2D eigenvalue weighted by atomic mass is 14.7. The molecule has 3 aromatic rings. The molecule has 0 amide bonds. The first-order chi connectivity index (χ1) is 12.8. The van der Waals surface area contributed by atoms with Crippen LogP contribution >= 0.6 is 0 Å². The van der Waals surface area contributed by atoms with Crippen molar-refractivity contribution < 1.29 is 0 Å². The Morgan fingerprint density at radius 2 is 1.04 bits per heavy atom. The van der Waals surface area contributed by atoms with Gasteiger partial charge in [0.2, 0.25) is 0 Å². The highest BCUT2D eigenvalue weighted by molar-refractivity contribution is 5.71. The van der Waals surface area contributed by atoms with Crippen LogP contribution in [0.4, 0.5) is 0 Å². The molecule has 0 saturated carbocycles. The van der Waals surface area contributed by atoms with Crippen LogP contribution in [0.5, 0.6) is 0 Å². The summed E-state index contributed by atoms with van der Waals surface area (Å²) in [6, 6.07) is 21.5. The largest absolute Gasteiger partial charge is 0.256 e. The monoisotopic (exact) mass is 339 g/mol. The third kappa shape index (κ3) is 5.03. The lowest BCUT2D eigenvalue weighted by molar-refractivity contribution is 1.14. The Bertz CT molecular complexity index is 790. The number of aromatic nitrogens is 1. The minimum absolute atomic E-state index is 0.967. The van der Waals surface area contributed by atoms with Gasteiger partial charge >= 0.3 is 0 Å². The molecular formula is C25H25N. The molecule has 26 heavy (non-hydrogen) atoms. The van der Waals surface area contributed by atoms with E-state index >= 15 is 0 Å². The highest BCUT2D eigenvalue weighted by Crippen LogP contribution is 2.12. The van der Waals surface area contributed by atoms with E-state index in [9.17, 15) is 0 Å². The van der Waals surface area contributed by atoms with E-state index in [2.05, 4.69) is 104 Å². The third-order valence-electron chi connectivity index (χ3n) is 4.50. The Hall–Kier alpha value is -2.93. The summed E-state index contributed by atoms with van der Waals surface area (Å²) in [4.78, 5) is 4.53. The quantitative estimate of drug-likeness (QED) is 0.496. The predicted molar refractivity (Wildman–Crippen MR) is 114 cm³/mol. The van der Waals surface area contributed by atoms with Crippen LogP contribution in [0.3, 0.4) is 0 Å². The van der Waals surface area contributed by atoms with Gasteiger partial charge in [-0.2, -0.15) is 0 Å². The van der Waals surface area contributed by atoms with Gasteiger partial charge < -0.3 is 0 Å². The lowest BCUT2D eigenvalue weighted by atomic mass is 10.1. The molecule has 0 aliphatic carbocycles. The molecule has 0 N–H and O–H groups in total. The molecule has 0 aliphatic heterocycles. The molecule has 0 bridgehead atoms. The molecule has 0 spiro atoms. The van der Waals surface area contributed by atoms with E-state index in [4.69, 9.17) is 0 Å². The maximum atomic E-state index is 4.53. The van der Waals surface area contributed by atoms with Crippen molar-refractivity contribution in [2.45, 2.75) is 26.7 Å². The van der Waals surface area contributed by atoms with Crippen molar-refractivity contribution in [2.24, 2.45) is 0 Å². The lowest BCUT2D eigenvalue weighted by Gasteiger charge is -1.99. The van der Waals surface area contributed by atoms with Crippen molar-refractivity contribution >= 4 is 24.3 Å². The molecule has 0 saturated heterocycles. The molecule has 0 fully saturated rings. The van der Waals surface area contributed by atoms with Gasteiger partial charge in [-0.05, 0) is 52.8 Å².